The molecule has 1 aromatic rings. The first-order valence-corrected chi connectivity index (χ1v) is 5.60. The molecule has 3 heteroatoms. The summed E-state index contributed by atoms with van der Waals surface area (Å²) in [6.07, 6.45) is 2.23. The zero-order chi connectivity index (χ0) is 8.97. The van der Waals surface area contributed by atoms with Gasteiger partial charge in [0.15, 0.2) is 0 Å². The molecule has 0 aliphatic heterocycles. The van der Waals surface area contributed by atoms with E-state index in [9.17, 15) is 0 Å². The average Bonchev–Trinajstić information content (AvgIpc) is 2.47. The molecule has 0 fully saturated rings. The van der Waals surface area contributed by atoms with Crippen LogP contribution in [0.3, 0.4) is 0 Å². The molecular formula is C9H14ClNS. The van der Waals surface area contributed by atoms with Gasteiger partial charge in [0.25, 0.3) is 0 Å². The third-order valence-corrected chi connectivity index (χ3v) is 3.33. The third-order valence-electron chi connectivity index (χ3n) is 1.78. The van der Waals surface area contributed by atoms with Crippen LogP contribution in [-0.4, -0.2) is 10.9 Å². The summed E-state index contributed by atoms with van der Waals surface area (Å²) in [5.41, 5.74) is 1.13. The molecule has 0 aliphatic rings. The van der Waals surface area contributed by atoms with Crippen LogP contribution in [0.15, 0.2) is 5.38 Å². The zero-order valence-corrected chi connectivity index (χ0v) is 9.08. The second-order valence-corrected chi connectivity index (χ2v) is 4.43. The van der Waals surface area contributed by atoms with Crippen molar-refractivity contribution in [1.29, 1.82) is 0 Å². The zero-order valence-electron chi connectivity index (χ0n) is 7.51. The first-order valence-electron chi connectivity index (χ1n) is 4.19. The second kappa shape index (κ2) is 4.83. The van der Waals surface area contributed by atoms with E-state index >= 15 is 0 Å². The Labute approximate surface area is 82.8 Å². The monoisotopic (exact) mass is 203 g/mol. The molecule has 0 saturated heterocycles. The number of alkyl halides is 1. The Morgan fingerprint density at radius 3 is 2.92 bits per heavy atom. The molecular weight excluding hydrogens is 190 g/mol. The van der Waals surface area contributed by atoms with E-state index in [1.54, 1.807) is 11.3 Å². The number of rotatable bonds is 4. The average molecular weight is 204 g/mol. The van der Waals surface area contributed by atoms with E-state index in [0.717, 1.165) is 24.4 Å². The Morgan fingerprint density at radius 1 is 1.67 bits per heavy atom. The highest BCUT2D eigenvalue weighted by atomic mass is 35.5. The van der Waals surface area contributed by atoms with Gasteiger partial charge in [0.2, 0.25) is 0 Å². The van der Waals surface area contributed by atoms with Gasteiger partial charge in [-0.3, -0.25) is 0 Å². The molecule has 1 atom stereocenters. The number of nitrogens with zero attached hydrogens (tertiary/aromatic N) is 1. The first kappa shape index (κ1) is 10.0. The number of halogens is 1. The van der Waals surface area contributed by atoms with Crippen LogP contribution in [0.5, 0.6) is 0 Å². The van der Waals surface area contributed by atoms with Crippen molar-refractivity contribution in [2.24, 2.45) is 5.92 Å². The summed E-state index contributed by atoms with van der Waals surface area (Å²) in [4.78, 5) is 4.39. The summed E-state index contributed by atoms with van der Waals surface area (Å²) in [5.74, 6) is 1.36. The maximum Gasteiger partial charge on any atom is 0.0928 e. The van der Waals surface area contributed by atoms with Gasteiger partial charge in [-0.15, -0.1) is 22.9 Å². The lowest BCUT2D eigenvalue weighted by molar-refractivity contribution is 0.591. The molecule has 1 nitrogen and oxygen atoms in total. The van der Waals surface area contributed by atoms with Crippen LogP contribution >= 0.6 is 22.9 Å². The Balaban J connectivity index is 2.33. The highest BCUT2D eigenvalue weighted by molar-refractivity contribution is 7.09. The predicted octanol–water partition coefficient (Wildman–Crippen LogP) is 3.26. The van der Waals surface area contributed by atoms with Crippen LogP contribution < -0.4 is 0 Å². The fourth-order valence-electron chi connectivity index (χ4n) is 0.965. The Morgan fingerprint density at radius 2 is 2.42 bits per heavy atom. The van der Waals surface area contributed by atoms with Crippen molar-refractivity contribution in [3.63, 3.8) is 0 Å². The van der Waals surface area contributed by atoms with E-state index in [1.807, 2.05) is 6.92 Å². The third kappa shape index (κ3) is 3.11. The maximum atomic E-state index is 5.71. The normalized spacial score (nSPS) is 13.2. The van der Waals surface area contributed by atoms with Gasteiger partial charge in [0, 0.05) is 17.0 Å². The topological polar surface area (TPSA) is 12.9 Å². The Kier molecular flexibility index (Phi) is 4.02. The van der Waals surface area contributed by atoms with E-state index in [-0.39, 0.29) is 0 Å². The molecule has 68 valence electrons. The van der Waals surface area contributed by atoms with Gasteiger partial charge in [-0.1, -0.05) is 6.92 Å². The van der Waals surface area contributed by atoms with Gasteiger partial charge in [0.1, 0.15) is 0 Å². The summed E-state index contributed by atoms with van der Waals surface area (Å²) in [5, 5.41) is 3.34. The van der Waals surface area contributed by atoms with Crippen LogP contribution in [0.4, 0.5) is 0 Å². The summed E-state index contributed by atoms with van der Waals surface area (Å²) >= 11 is 7.45. The van der Waals surface area contributed by atoms with Crippen LogP contribution in [0.25, 0.3) is 0 Å². The molecule has 0 aliphatic carbocycles. The van der Waals surface area contributed by atoms with Crippen LogP contribution in [0.1, 0.15) is 24.0 Å². The van der Waals surface area contributed by atoms with Gasteiger partial charge < -0.3 is 0 Å². The summed E-state index contributed by atoms with van der Waals surface area (Å²) in [6, 6.07) is 0. The largest absolute Gasteiger partial charge is 0.247 e. The fourth-order valence-corrected chi connectivity index (χ4v) is 1.91. The summed E-state index contributed by atoms with van der Waals surface area (Å²) < 4.78 is 0. The number of hydrogen-bond acceptors (Lipinski definition) is 2. The summed E-state index contributed by atoms with van der Waals surface area (Å²) in [7, 11) is 0. The van der Waals surface area contributed by atoms with Crippen molar-refractivity contribution >= 4 is 22.9 Å². The number of thiazole rings is 1. The smallest absolute Gasteiger partial charge is 0.0928 e. The number of aromatic nitrogens is 1. The van der Waals surface area contributed by atoms with E-state index < -0.39 is 0 Å². The second-order valence-electron chi connectivity index (χ2n) is 3.18. The van der Waals surface area contributed by atoms with Gasteiger partial charge in [-0.25, -0.2) is 4.98 Å². The van der Waals surface area contributed by atoms with Gasteiger partial charge in [-0.2, -0.15) is 0 Å². The lowest BCUT2D eigenvalue weighted by Gasteiger charge is -2.03. The molecule has 0 aromatic carbocycles. The maximum absolute atomic E-state index is 5.71. The van der Waals surface area contributed by atoms with E-state index in [1.165, 1.54) is 5.01 Å². The first-order chi connectivity index (χ1) is 5.72. The predicted molar refractivity (Wildman–Crippen MR) is 55.1 cm³/mol. The van der Waals surface area contributed by atoms with Gasteiger partial charge >= 0.3 is 0 Å². The molecule has 1 heterocycles. The highest BCUT2D eigenvalue weighted by Crippen LogP contribution is 2.14. The molecule has 0 radical (unpaired) electrons. The molecule has 0 bridgehead atoms. The Hall–Kier alpha value is -0.0800. The van der Waals surface area contributed by atoms with E-state index in [4.69, 9.17) is 11.6 Å². The lowest BCUT2D eigenvalue weighted by atomic mass is 10.1. The molecule has 0 spiro atoms. The highest BCUT2D eigenvalue weighted by Gasteiger charge is 2.03. The van der Waals surface area contributed by atoms with Crippen molar-refractivity contribution in [1.82, 2.24) is 4.98 Å². The van der Waals surface area contributed by atoms with Crippen molar-refractivity contribution in [2.75, 3.05) is 5.88 Å². The van der Waals surface area contributed by atoms with Crippen molar-refractivity contribution in [3.8, 4) is 0 Å². The minimum Gasteiger partial charge on any atom is -0.247 e. The van der Waals surface area contributed by atoms with Crippen molar-refractivity contribution in [2.45, 2.75) is 26.7 Å². The standard InChI is InChI=1S/C9H14ClNS/c1-7(5-10)3-4-9-11-8(2)6-12-9/h6-7H,3-5H2,1-2H3. The minimum atomic E-state index is 0.607. The lowest BCUT2D eigenvalue weighted by Crippen LogP contribution is -1.98. The molecule has 12 heavy (non-hydrogen) atoms. The molecule has 0 N–H and O–H groups in total. The van der Waals surface area contributed by atoms with Gasteiger partial charge in [0.05, 0.1) is 5.01 Å². The van der Waals surface area contributed by atoms with Gasteiger partial charge in [-0.05, 0) is 25.7 Å². The van der Waals surface area contributed by atoms with Crippen molar-refractivity contribution < 1.29 is 0 Å². The van der Waals surface area contributed by atoms with Crippen molar-refractivity contribution in [3.05, 3.63) is 16.1 Å². The Bertz CT molecular complexity index is 234. The number of aryl methyl sites for hydroxylation is 2. The fraction of sp³-hybridized carbons (Fsp3) is 0.667. The SMILES string of the molecule is Cc1csc(CCC(C)CCl)n1. The molecule has 0 amide bonds. The molecule has 1 unspecified atom stereocenters. The molecule has 1 aromatic heterocycles. The molecule has 0 saturated carbocycles. The van der Waals surface area contributed by atoms with Crippen LogP contribution in [-0.2, 0) is 6.42 Å². The number of hydrogen-bond donors (Lipinski definition) is 0. The molecule has 1 rings (SSSR count). The minimum absolute atomic E-state index is 0.607. The summed E-state index contributed by atoms with van der Waals surface area (Å²) in [6.45, 7) is 4.21. The van der Waals surface area contributed by atoms with E-state index in [0.29, 0.717) is 5.92 Å². The van der Waals surface area contributed by atoms with Crippen LogP contribution in [0, 0.1) is 12.8 Å². The quantitative estimate of drug-likeness (QED) is 0.685. The van der Waals surface area contributed by atoms with E-state index in [2.05, 4.69) is 17.3 Å². The van der Waals surface area contributed by atoms with Crippen LogP contribution in [0.2, 0.25) is 0 Å².